The van der Waals surface area contributed by atoms with Crippen molar-refractivity contribution in [3.63, 3.8) is 0 Å². The molecular weight excluding hydrogens is 244 g/mol. The Hall–Kier alpha value is -0.460. The van der Waals surface area contributed by atoms with Gasteiger partial charge < -0.3 is 5.32 Å². The van der Waals surface area contributed by atoms with Crippen molar-refractivity contribution in [3.05, 3.63) is 16.6 Å². The first-order valence-electron chi connectivity index (χ1n) is 5.20. The van der Waals surface area contributed by atoms with Gasteiger partial charge in [-0.1, -0.05) is 0 Å². The molecule has 2 atom stereocenters. The van der Waals surface area contributed by atoms with E-state index in [1.807, 2.05) is 19.2 Å². The molecule has 2 unspecified atom stereocenters. The van der Waals surface area contributed by atoms with Crippen molar-refractivity contribution in [1.82, 2.24) is 10.3 Å². The molecule has 0 aliphatic carbocycles. The molecule has 1 aromatic heterocycles. The van der Waals surface area contributed by atoms with E-state index in [0.29, 0.717) is 6.42 Å². The molecular formula is C10H18N2O2S2. The number of aromatic nitrogens is 1. The molecule has 4 nitrogen and oxygen atoms in total. The van der Waals surface area contributed by atoms with Crippen molar-refractivity contribution in [1.29, 1.82) is 0 Å². The summed E-state index contributed by atoms with van der Waals surface area (Å²) in [6.07, 6.45) is 1.90. The van der Waals surface area contributed by atoms with E-state index in [4.69, 9.17) is 0 Å². The van der Waals surface area contributed by atoms with Gasteiger partial charge in [0.2, 0.25) is 0 Å². The van der Waals surface area contributed by atoms with E-state index in [9.17, 15) is 8.42 Å². The minimum absolute atomic E-state index is 0.167. The van der Waals surface area contributed by atoms with Crippen LogP contribution in [0.3, 0.4) is 0 Å². The Morgan fingerprint density at radius 3 is 2.69 bits per heavy atom. The van der Waals surface area contributed by atoms with Gasteiger partial charge in [-0.3, -0.25) is 0 Å². The van der Waals surface area contributed by atoms with Crippen LogP contribution in [0, 0.1) is 0 Å². The van der Waals surface area contributed by atoms with E-state index < -0.39 is 9.84 Å². The fourth-order valence-corrected chi connectivity index (χ4v) is 2.85. The Kier molecular flexibility index (Phi) is 4.89. The maximum absolute atomic E-state index is 11.0. The van der Waals surface area contributed by atoms with E-state index in [1.54, 1.807) is 16.8 Å². The van der Waals surface area contributed by atoms with E-state index in [2.05, 4.69) is 10.3 Å². The Balaban J connectivity index is 2.37. The molecule has 0 aliphatic rings. The summed E-state index contributed by atoms with van der Waals surface area (Å²) in [6, 6.07) is 0.340. The lowest BCUT2D eigenvalue weighted by Crippen LogP contribution is -2.30. The van der Waals surface area contributed by atoms with Gasteiger partial charge in [0.1, 0.15) is 9.84 Å². The van der Waals surface area contributed by atoms with Crippen molar-refractivity contribution >= 4 is 21.2 Å². The van der Waals surface area contributed by atoms with Crippen molar-refractivity contribution in [2.75, 3.05) is 12.0 Å². The third-order valence-corrected chi connectivity index (χ3v) is 3.93. The van der Waals surface area contributed by atoms with Gasteiger partial charge in [-0.05, 0) is 20.3 Å². The van der Waals surface area contributed by atoms with Gasteiger partial charge in [0.15, 0.2) is 0 Å². The third-order valence-electron chi connectivity index (χ3n) is 2.35. The Morgan fingerprint density at radius 1 is 1.50 bits per heavy atom. The number of thiazole rings is 1. The van der Waals surface area contributed by atoms with E-state index >= 15 is 0 Å². The van der Waals surface area contributed by atoms with Crippen LogP contribution in [0.4, 0.5) is 0 Å². The van der Waals surface area contributed by atoms with Crippen molar-refractivity contribution in [3.8, 4) is 0 Å². The Labute approximate surface area is 101 Å². The number of hydrogen-bond acceptors (Lipinski definition) is 5. The third kappa shape index (κ3) is 5.05. The molecule has 92 valence electrons. The first kappa shape index (κ1) is 13.6. The molecule has 0 saturated heterocycles. The monoisotopic (exact) mass is 262 g/mol. The summed E-state index contributed by atoms with van der Waals surface area (Å²) in [6.45, 7) is 4.03. The molecule has 1 rings (SSSR count). The molecule has 16 heavy (non-hydrogen) atoms. The number of nitrogens with zero attached hydrogens (tertiary/aromatic N) is 1. The highest BCUT2D eigenvalue weighted by Crippen LogP contribution is 2.13. The molecule has 0 bridgehead atoms. The molecule has 1 aromatic rings. The molecule has 0 aromatic carbocycles. The summed E-state index contributed by atoms with van der Waals surface area (Å²) >= 11 is 1.57. The second-order valence-electron chi connectivity index (χ2n) is 4.12. The fourth-order valence-electron chi connectivity index (χ4n) is 1.42. The summed E-state index contributed by atoms with van der Waals surface area (Å²) in [5.74, 6) is 0.227. The molecule has 0 radical (unpaired) electrons. The van der Waals surface area contributed by atoms with Crippen molar-refractivity contribution in [2.24, 2.45) is 0 Å². The van der Waals surface area contributed by atoms with Gasteiger partial charge in [0.05, 0.1) is 17.0 Å². The Morgan fingerprint density at radius 2 is 2.19 bits per heavy atom. The highest BCUT2D eigenvalue weighted by atomic mass is 32.2. The Bertz CT molecular complexity index is 400. The lowest BCUT2D eigenvalue weighted by molar-refractivity contribution is 0.462. The van der Waals surface area contributed by atoms with Crippen LogP contribution in [0.15, 0.2) is 10.9 Å². The summed E-state index contributed by atoms with van der Waals surface area (Å²) in [4.78, 5) is 4.22. The van der Waals surface area contributed by atoms with Crippen LogP contribution in [0.1, 0.15) is 32.0 Å². The van der Waals surface area contributed by atoms with Crippen LogP contribution in [0.25, 0.3) is 0 Å². The van der Waals surface area contributed by atoms with Gasteiger partial charge in [0, 0.05) is 23.7 Å². The van der Waals surface area contributed by atoms with Crippen LogP contribution >= 0.6 is 11.3 Å². The largest absolute Gasteiger partial charge is 0.306 e. The molecule has 0 saturated carbocycles. The second kappa shape index (κ2) is 5.75. The van der Waals surface area contributed by atoms with Crippen LogP contribution in [-0.2, 0) is 9.84 Å². The summed E-state index contributed by atoms with van der Waals surface area (Å²) in [5, 5.41) is 5.34. The molecule has 1 heterocycles. The molecule has 0 spiro atoms. The first-order chi connectivity index (χ1) is 7.38. The van der Waals surface area contributed by atoms with Crippen LogP contribution in [-0.4, -0.2) is 31.5 Å². The first-order valence-corrected chi connectivity index (χ1v) is 8.20. The van der Waals surface area contributed by atoms with Gasteiger partial charge in [-0.2, -0.15) is 0 Å². The zero-order chi connectivity index (χ0) is 12.2. The average Bonchev–Trinajstić information content (AvgIpc) is 2.66. The molecule has 0 aliphatic heterocycles. The lowest BCUT2D eigenvalue weighted by Gasteiger charge is -2.18. The average molecular weight is 262 g/mol. The minimum atomic E-state index is -2.86. The lowest BCUT2D eigenvalue weighted by atomic mass is 10.2. The predicted molar refractivity (Wildman–Crippen MR) is 67.5 cm³/mol. The highest BCUT2D eigenvalue weighted by molar-refractivity contribution is 7.90. The fraction of sp³-hybridized carbons (Fsp3) is 0.700. The van der Waals surface area contributed by atoms with Crippen LogP contribution in [0.2, 0.25) is 0 Å². The summed E-state index contributed by atoms with van der Waals surface area (Å²) < 4.78 is 22.0. The minimum Gasteiger partial charge on any atom is -0.306 e. The summed E-state index contributed by atoms with van der Waals surface area (Å²) in [5.41, 5.74) is 2.81. The highest BCUT2D eigenvalue weighted by Gasteiger charge is 2.12. The topological polar surface area (TPSA) is 59.1 Å². The van der Waals surface area contributed by atoms with Gasteiger partial charge in [-0.25, -0.2) is 13.4 Å². The molecule has 0 fully saturated rings. The SMILES string of the molecule is CC(CCS(C)(=O)=O)NC(C)c1cscn1. The van der Waals surface area contributed by atoms with Crippen LogP contribution < -0.4 is 5.32 Å². The maximum Gasteiger partial charge on any atom is 0.147 e. The number of sulfone groups is 1. The number of nitrogens with one attached hydrogen (secondary N) is 1. The zero-order valence-corrected chi connectivity index (χ0v) is 11.4. The van der Waals surface area contributed by atoms with E-state index in [1.165, 1.54) is 6.26 Å². The van der Waals surface area contributed by atoms with Gasteiger partial charge in [0.25, 0.3) is 0 Å². The molecule has 6 heteroatoms. The van der Waals surface area contributed by atoms with Crippen molar-refractivity contribution < 1.29 is 8.42 Å². The second-order valence-corrected chi connectivity index (χ2v) is 7.10. The molecule has 0 amide bonds. The number of hydrogen-bond donors (Lipinski definition) is 1. The zero-order valence-electron chi connectivity index (χ0n) is 9.80. The standard InChI is InChI=1S/C10H18N2O2S2/c1-8(4-5-16(3,13)14)12-9(2)10-6-15-7-11-10/h6-9,12H,4-5H2,1-3H3. The number of rotatable bonds is 6. The normalized spacial score (nSPS) is 15.9. The smallest absolute Gasteiger partial charge is 0.147 e. The van der Waals surface area contributed by atoms with Crippen LogP contribution in [0.5, 0.6) is 0 Å². The summed E-state index contributed by atoms with van der Waals surface area (Å²) in [7, 11) is -2.86. The van der Waals surface area contributed by atoms with Crippen molar-refractivity contribution in [2.45, 2.75) is 32.4 Å². The van der Waals surface area contributed by atoms with Gasteiger partial charge in [-0.15, -0.1) is 11.3 Å². The predicted octanol–water partition coefficient (Wildman–Crippen LogP) is 1.62. The van der Waals surface area contributed by atoms with E-state index in [-0.39, 0.29) is 17.8 Å². The van der Waals surface area contributed by atoms with Gasteiger partial charge >= 0.3 is 0 Å². The quantitative estimate of drug-likeness (QED) is 0.846. The van der Waals surface area contributed by atoms with E-state index in [0.717, 1.165) is 5.69 Å². The maximum atomic E-state index is 11.0. The molecule has 1 N–H and O–H groups in total.